The molecule has 1 N–H and O–H groups in total. The third kappa shape index (κ3) is 3.90. The van der Waals surface area contributed by atoms with Crippen molar-refractivity contribution in [1.82, 2.24) is 10.3 Å². The van der Waals surface area contributed by atoms with Crippen molar-refractivity contribution in [2.45, 2.75) is 33.4 Å². The van der Waals surface area contributed by atoms with Gasteiger partial charge in [0.15, 0.2) is 0 Å². The van der Waals surface area contributed by atoms with Crippen LogP contribution in [0.4, 0.5) is 10.2 Å². The fourth-order valence-corrected chi connectivity index (χ4v) is 2.40. The first-order valence-corrected chi connectivity index (χ1v) is 7.27. The molecule has 1 aromatic heterocycles. The number of halogens is 1. The zero-order valence-corrected chi connectivity index (χ0v) is 12.5. The summed E-state index contributed by atoms with van der Waals surface area (Å²) in [6, 6.07) is 1.85. The second kappa shape index (κ2) is 6.99. The molecule has 0 bridgehead atoms. The molecule has 1 fully saturated rings. The number of morpholine rings is 1. The fraction of sp³-hybridized carbons (Fsp3) is 0.667. The number of rotatable bonds is 5. The molecule has 0 saturated carbocycles. The van der Waals surface area contributed by atoms with Crippen molar-refractivity contribution >= 4 is 5.82 Å². The van der Waals surface area contributed by atoms with Gasteiger partial charge in [-0.25, -0.2) is 9.37 Å². The van der Waals surface area contributed by atoms with Crippen LogP contribution in [0, 0.1) is 11.7 Å². The Hall–Kier alpha value is -1.20. The molecule has 0 aliphatic carbocycles. The number of hydrogen-bond donors (Lipinski definition) is 1. The average Bonchev–Trinajstić information content (AvgIpc) is 2.40. The standard InChI is InChI=1S/C15H24FN3O/c1-11(2)7-17-8-13-6-14(16)9-18-15(13)19-4-5-20-10-12(19)3/h6,9,11-12,17H,4-5,7-8,10H2,1-3H3. The van der Waals surface area contributed by atoms with Crippen LogP contribution in [-0.4, -0.2) is 37.3 Å². The molecule has 0 amide bonds. The number of nitrogens with zero attached hydrogens (tertiary/aromatic N) is 2. The molecular formula is C15H24FN3O. The van der Waals surface area contributed by atoms with Crippen LogP contribution in [-0.2, 0) is 11.3 Å². The molecule has 0 spiro atoms. The summed E-state index contributed by atoms with van der Waals surface area (Å²) in [7, 11) is 0. The van der Waals surface area contributed by atoms with Crippen molar-refractivity contribution in [1.29, 1.82) is 0 Å². The van der Waals surface area contributed by atoms with Gasteiger partial charge in [-0.1, -0.05) is 13.8 Å². The highest BCUT2D eigenvalue weighted by atomic mass is 19.1. The van der Waals surface area contributed by atoms with E-state index in [4.69, 9.17) is 4.74 Å². The summed E-state index contributed by atoms with van der Waals surface area (Å²) >= 11 is 0. The monoisotopic (exact) mass is 281 g/mol. The summed E-state index contributed by atoms with van der Waals surface area (Å²) < 4.78 is 18.9. The maximum Gasteiger partial charge on any atom is 0.141 e. The smallest absolute Gasteiger partial charge is 0.141 e. The normalized spacial score (nSPS) is 19.6. The summed E-state index contributed by atoms with van der Waals surface area (Å²) in [5.41, 5.74) is 0.916. The Morgan fingerprint density at radius 1 is 1.55 bits per heavy atom. The quantitative estimate of drug-likeness (QED) is 0.898. The minimum absolute atomic E-state index is 0.269. The molecule has 2 heterocycles. The largest absolute Gasteiger partial charge is 0.377 e. The molecule has 20 heavy (non-hydrogen) atoms. The van der Waals surface area contributed by atoms with Gasteiger partial charge in [-0.15, -0.1) is 0 Å². The van der Waals surface area contributed by atoms with Crippen molar-refractivity contribution in [2.75, 3.05) is 31.2 Å². The molecule has 5 heteroatoms. The third-order valence-electron chi connectivity index (χ3n) is 3.42. The average molecular weight is 281 g/mol. The van der Waals surface area contributed by atoms with Gasteiger partial charge < -0.3 is 15.0 Å². The van der Waals surface area contributed by atoms with E-state index in [0.29, 0.717) is 25.7 Å². The Balaban J connectivity index is 2.14. The van der Waals surface area contributed by atoms with E-state index in [-0.39, 0.29) is 11.9 Å². The van der Waals surface area contributed by atoms with Gasteiger partial charge >= 0.3 is 0 Å². The summed E-state index contributed by atoms with van der Waals surface area (Å²) in [5, 5.41) is 3.36. The second-order valence-electron chi connectivity index (χ2n) is 5.78. The zero-order valence-electron chi connectivity index (χ0n) is 12.5. The van der Waals surface area contributed by atoms with Gasteiger partial charge in [0.05, 0.1) is 25.5 Å². The maximum absolute atomic E-state index is 13.5. The van der Waals surface area contributed by atoms with Crippen LogP contribution in [0.3, 0.4) is 0 Å². The molecule has 0 aromatic carbocycles. The summed E-state index contributed by atoms with van der Waals surface area (Å²) in [5.74, 6) is 1.16. The van der Waals surface area contributed by atoms with E-state index in [9.17, 15) is 4.39 Å². The van der Waals surface area contributed by atoms with Crippen molar-refractivity contribution < 1.29 is 9.13 Å². The van der Waals surface area contributed by atoms with Gasteiger partial charge in [0.25, 0.3) is 0 Å². The molecular weight excluding hydrogens is 257 g/mol. The van der Waals surface area contributed by atoms with Crippen molar-refractivity contribution in [3.8, 4) is 0 Å². The van der Waals surface area contributed by atoms with Gasteiger partial charge in [0.2, 0.25) is 0 Å². The predicted molar refractivity (Wildman–Crippen MR) is 78.4 cm³/mol. The minimum atomic E-state index is -0.281. The van der Waals surface area contributed by atoms with Crippen LogP contribution < -0.4 is 10.2 Å². The molecule has 2 rings (SSSR count). The van der Waals surface area contributed by atoms with E-state index in [1.54, 1.807) is 6.07 Å². The Morgan fingerprint density at radius 2 is 2.35 bits per heavy atom. The number of hydrogen-bond acceptors (Lipinski definition) is 4. The summed E-state index contributed by atoms with van der Waals surface area (Å²) in [6.45, 7) is 10.2. The molecule has 1 saturated heterocycles. The molecule has 1 atom stereocenters. The SMILES string of the molecule is CC(C)CNCc1cc(F)cnc1N1CCOCC1C. The van der Waals surface area contributed by atoms with Crippen molar-refractivity contribution in [2.24, 2.45) is 5.92 Å². The van der Waals surface area contributed by atoms with Crippen LogP contribution in [0.1, 0.15) is 26.3 Å². The van der Waals surface area contributed by atoms with Gasteiger partial charge in [-0.3, -0.25) is 0 Å². The van der Waals surface area contributed by atoms with Crippen LogP contribution in [0.5, 0.6) is 0 Å². The maximum atomic E-state index is 13.5. The van der Waals surface area contributed by atoms with Crippen LogP contribution >= 0.6 is 0 Å². The first-order chi connectivity index (χ1) is 9.58. The number of pyridine rings is 1. The number of anilines is 1. The van der Waals surface area contributed by atoms with Crippen LogP contribution in [0.25, 0.3) is 0 Å². The predicted octanol–water partition coefficient (Wildman–Crippen LogP) is 2.19. The topological polar surface area (TPSA) is 37.4 Å². The van der Waals surface area contributed by atoms with E-state index >= 15 is 0 Å². The van der Waals surface area contributed by atoms with Crippen molar-refractivity contribution in [3.05, 3.63) is 23.6 Å². The highest BCUT2D eigenvalue weighted by Gasteiger charge is 2.22. The molecule has 1 aromatic rings. The Morgan fingerprint density at radius 3 is 3.05 bits per heavy atom. The summed E-state index contributed by atoms with van der Waals surface area (Å²) in [6.07, 6.45) is 1.30. The van der Waals surface area contributed by atoms with Gasteiger partial charge in [0.1, 0.15) is 11.6 Å². The lowest BCUT2D eigenvalue weighted by Crippen LogP contribution is -2.44. The third-order valence-corrected chi connectivity index (χ3v) is 3.42. The summed E-state index contributed by atoms with van der Waals surface area (Å²) in [4.78, 5) is 6.51. The second-order valence-corrected chi connectivity index (χ2v) is 5.78. The first-order valence-electron chi connectivity index (χ1n) is 7.27. The molecule has 0 radical (unpaired) electrons. The highest BCUT2D eigenvalue weighted by Crippen LogP contribution is 2.22. The lowest BCUT2D eigenvalue weighted by molar-refractivity contribution is 0.0984. The molecule has 1 aliphatic rings. The van der Waals surface area contributed by atoms with Gasteiger partial charge in [-0.2, -0.15) is 0 Å². The lowest BCUT2D eigenvalue weighted by Gasteiger charge is -2.35. The Labute approximate surface area is 120 Å². The first kappa shape index (κ1) is 15.2. The lowest BCUT2D eigenvalue weighted by atomic mass is 10.1. The van der Waals surface area contributed by atoms with Crippen LogP contribution in [0.2, 0.25) is 0 Å². The van der Waals surface area contributed by atoms with E-state index < -0.39 is 0 Å². The zero-order chi connectivity index (χ0) is 14.5. The number of ether oxygens (including phenoxy) is 1. The number of nitrogens with one attached hydrogen (secondary N) is 1. The molecule has 112 valence electrons. The molecule has 1 unspecified atom stereocenters. The van der Waals surface area contributed by atoms with E-state index in [0.717, 1.165) is 24.5 Å². The molecule has 4 nitrogen and oxygen atoms in total. The Bertz CT molecular complexity index is 439. The highest BCUT2D eigenvalue weighted by molar-refractivity contribution is 5.48. The van der Waals surface area contributed by atoms with Gasteiger partial charge in [-0.05, 0) is 25.5 Å². The molecule has 1 aliphatic heterocycles. The van der Waals surface area contributed by atoms with E-state index in [1.165, 1.54) is 6.20 Å². The Kier molecular flexibility index (Phi) is 5.31. The number of aromatic nitrogens is 1. The minimum Gasteiger partial charge on any atom is -0.377 e. The van der Waals surface area contributed by atoms with E-state index in [2.05, 4.69) is 36.0 Å². The van der Waals surface area contributed by atoms with E-state index in [1.807, 2.05) is 0 Å². The van der Waals surface area contributed by atoms with Crippen LogP contribution in [0.15, 0.2) is 12.3 Å². The fourth-order valence-electron chi connectivity index (χ4n) is 2.40. The van der Waals surface area contributed by atoms with Gasteiger partial charge in [0, 0.05) is 18.7 Å². The van der Waals surface area contributed by atoms with Crippen molar-refractivity contribution in [3.63, 3.8) is 0 Å².